The van der Waals surface area contributed by atoms with E-state index < -0.39 is 0 Å². The van der Waals surface area contributed by atoms with Crippen molar-refractivity contribution in [2.75, 3.05) is 6.61 Å². The summed E-state index contributed by atoms with van der Waals surface area (Å²) in [6, 6.07) is 7.90. The highest BCUT2D eigenvalue weighted by Crippen LogP contribution is 2.28. The Hall–Kier alpha value is -1.46. The summed E-state index contributed by atoms with van der Waals surface area (Å²) in [4.78, 5) is 13.0. The van der Waals surface area contributed by atoms with Crippen molar-refractivity contribution >= 4 is 23.4 Å². The number of benzene rings is 1. The van der Waals surface area contributed by atoms with Crippen LogP contribution in [0.1, 0.15) is 33.3 Å². The predicted octanol–water partition coefficient (Wildman–Crippen LogP) is 4.34. The number of hydrogen-bond donors (Lipinski definition) is 0. The maximum absolute atomic E-state index is 12.3. The molecule has 0 radical (unpaired) electrons. The van der Waals surface area contributed by atoms with E-state index >= 15 is 0 Å². The van der Waals surface area contributed by atoms with Crippen molar-refractivity contribution in [3.05, 3.63) is 51.4 Å². The Morgan fingerprint density at radius 1 is 1.26 bits per heavy atom. The third kappa shape index (κ3) is 4.52. The van der Waals surface area contributed by atoms with E-state index in [1.165, 1.54) is 16.4 Å². The van der Waals surface area contributed by atoms with Crippen LogP contribution in [0.25, 0.3) is 0 Å². The lowest BCUT2D eigenvalue weighted by atomic mass is 10.1. The molecular formula is C17H21ClN2O2S. The summed E-state index contributed by atoms with van der Waals surface area (Å²) >= 11 is 7.73. The molecule has 2 aromatic rings. The maximum Gasteiger partial charge on any atom is 0.287 e. The summed E-state index contributed by atoms with van der Waals surface area (Å²) in [6.07, 6.45) is 1.66. The first-order valence-electron chi connectivity index (χ1n) is 7.45. The molecule has 0 unspecified atom stereocenters. The molecule has 1 aromatic carbocycles. The van der Waals surface area contributed by atoms with Gasteiger partial charge in [-0.2, -0.15) is 5.10 Å². The van der Waals surface area contributed by atoms with E-state index in [1.54, 1.807) is 6.20 Å². The third-order valence-corrected chi connectivity index (χ3v) is 4.73. The summed E-state index contributed by atoms with van der Waals surface area (Å²) in [6.45, 7) is 8.37. The van der Waals surface area contributed by atoms with E-state index in [2.05, 4.69) is 5.10 Å². The van der Waals surface area contributed by atoms with Gasteiger partial charge in [-0.15, -0.1) is 11.8 Å². The molecule has 124 valence electrons. The van der Waals surface area contributed by atoms with Crippen LogP contribution in [-0.4, -0.2) is 16.4 Å². The second-order valence-corrected chi connectivity index (χ2v) is 7.47. The van der Waals surface area contributed by atoms with E-state index in [0.29, 0.717) is 17.3 Å². The first-order valence-corrected chi connectivity index (χ1v) is 8.82. The molecule has 6 heteroatoms. The van der Waals surface area contributed by atoms with Crippen LogP contribution in [0.15, 0.2) is 40.2 Å². The first-order chi connectivity index (χ1) is 10.8. The van der Waals surface area contributed by atoms with Gasteiger partial charge >= 0.3 is 0 Å². The van der Waals surface area contributed by atoms with E-state index in [9.17, 15) is 4.79 Å². The fourth-order valence-corrected chi connectivity index (χ4v) is 3.15. The number of hydrogen-bond acceptors (Lipinski definition) is 4. The molecule has 0 saturated heterocycles. The standard InChI is InChI=1S/C17H21ClN2O2S/c1-5-22-13-8-6-12(7-9-13)11-23-14-10-19-20(17(2,3)4)16(21)15(14)18/h6-10H,5,11H2,1-4H3. The van der Waals surface area contributed by atoms with Crippen LogP contribution in [-0.2, 0) is 11.3 Å². The average molecular weight is 353 g/mol. The summed E-state index contributed by atoms with van der Waals surface area (Å²) in [7, 11) is 0. The zero-order valence-electron chi connectivity index (χ0n) is 13.8. The second kappa shape index (κ2) is 7.41. The van der Waals surface area contributed by atoms with Crippen molar-refractivity contribution in [3.8, 4) is 5.75 Å². The Morgan fingerprint density at radius 3 is 2.48 bits per heavy atom. The smallest absolute Gasteiger partial charge is 0.287 e. The van der Waals surface area contributed by atoms with E-state index in [0.717, 1.165) is 11.3 Å². The van der Waals surface area contributed by atoms with Crippen molar-refractivity contribution in [3.63, 3.8) is 0 Å². The summed E-state index contributed by atoms with van der Waals surface area (Å²) in [5, 5.41) is 4.47. The fraction of sp³-hybridized carbons (Fsp3) is 0.412. The highest BCUT2D eigenvalue weighted by atomic mass is 35.5. The first kappa shape index (κ1) is 17.9. The van der Waals surface area contributed by atoms with Crippen LogP contribution < -0.4 is 10.3 Å². The highest BCUT2D eigenvalue weighted by Gasteiger charge is 2.19. The van der Waals surface area contributed by atoms with Crippen molar-refractivity contribution in [2.45, 2.75) is 43.9 Å². The number of aromatic nitrogens is 2. The predicted molar refractivity (Wildman–Crippen MR) is 95.7 cm³/mol. The Labute approximate surface area is 145 Å². The van der Waals surface area contributed by atoms with Crippen LogP contribution in [0, 0.1) is 0 Å². The molecular weight excluding hydrogens is 332 g/mol. The normalized spacial score (nSPS) is 11.5. The lowest BCUT2D eigenvalue weighted by molar-refractivity contribution is 0.336. The quantitative estimate of drug-likeness (QED) is 0.751. The molecule has 1 heterocycles. The summed E-state index contributed by atoms with van der Waals surface area (Å²) < 4.78 is 6.83. The zero-order chi connectivity index (χ0) is 17.0. The molecule has 0 N–H and O–H groups in total. The van der Waals surface area contributed by atoms with Crippen LogP contribution in [0.5, 0.6) is 5.75 Å². The van der Waals surface area contributed by atoms with E-state index in [-0.39, 0.29) is 16.1 Å². The summed E-state index contributed by atoms with van der Waals surface area (Å²) in [5.41, 5.74) is 0.490. The van der Waals surface area contributed by atoms with E-state index in [4.69, 9.17) is 16.3 Å². The van der Waals surface area contributed by atoms with Gasteiger partial charge in [-0.25, -0.2) is 4.68 Å². The van der Waals surface area contributed by atoms with Crippen molar-refractivity contribution in [2.24, 2.45) is 0 Å². The van der Waals surface area contributed by atoms with Gasteiger partial charge in [0.25, 0.3) is 5.56 Å². The average Bonchev–Trinajstić information content (AvgIpc) is 2.49. The SMILES string of the molecule is CCOc1ccc(CSc2cnn(C(C)(C)C)c(=O)c2Cl)cc1. The number of ether oxygens (including phenoxy) is 1. The molecule has 0 aliphatic heterocycles. The Bertz CT molecular complexity index is 721. The van der Waals surface area contributed by atoms with Crippen molar-refractivity contribution < 1.29 is 4.74 Å². The minimum atomic E-state index is -0.390. The summed E-state index contributed by atoms with van der Waals surface area (Å²) in [5.74, 6) is 1.57. The molecule has 2 rings (SSSR count). The van der Waals surface area contributed by atoms with Crippen molar-refractivity contribution in [1.29, 1.82) is 0 Å². The lowest BCUT2D eigenvalue weighted by Crippen LogP contribution is -2.36. The van der Waals surface area contributed by atoms with Gasteiger partial charge in [0.2, 0.25) is 0 Å². The maximum atomic E-state index is 12.3. The highest BCUT2D eigenvalue weighted by molar-refractivity contribution is 7.98. The van der Waals surface area contributed by atoms with Gasteiger partial charge in [0, 0.05) is 5.75 Å². The molecule has 0 amide bonds. The largest absolute Gasteiger partial charge is 0.494 e. The van der Waals surface area contributed by atoms with Gasteiger partial charge in [-0.3, -0.25) is 4.79 Å². The molecule has 4 nitrogen and oxygen atoms in total. The topological polar surface area (TPSA) is 44.1 Å². The van der Waals surface area contributed by atoms with Crippen LogP contribution in [0.2, 0.25) is 5.02 Å². The van der Waals surface area contributed by atoms with Gasteiger partial charge in [-0.1, -0.05) is 23.7 Å². The monoisotopic (exact) mass is 352 g/mol. The van der Waals surface area contributed by atoms with Gasteiger partial charge in [-0.05, 0) is 45.4 Å². The van der Waals surface area contributed by atoms with Gasteiger partial charge < -0.3 is 4.74 Å². The number of rotatable bonds is 5. The molecule has 0 bridgehead atoms. The van der Waals surface area contributed by atoms with Crippen LogP contribution in [0.4, 0.5) is 0 Å². The lowest BCUT2D eigenvalue weighted by Gasteiger charge is -2.21. The number of halogens is 1. The minimum Gasteiger partial charge on any atom is -0.494 e. The minimum absolute atomic E-state index is 0.228. The number of nitrogens with zero attached hydrogens (tertiary/aromatic N) is 2. The fourth-order valence-electron chi connectivity index (χ4n) is 2.01. The van der Waals surface area contributed by atoms with Crippen LogP contribution in [0.3, 0.4) is 0 Å². The van der Waals surface area contributed by atoms with Gasteiger partial charge in [0.1, 0.15) is 10.8 Å². The zero-order valence-corrected chi connectivity index (χ0v) is 15.4. The molecule has 0 fully saturated rings. The molecule has 23 heavy (non-hydrogen) atoms. The molecule has 0 aliphatic rings. The molecule has 0 saturated carbocycles. The second-order valence-electron chi connectivity index (χ2n) is 6.08. The Kier molecular flexibility index (Phi) is 5.76. The molecule has 1 aromatic heterocycles. The molecule has 0 aliphatic carbocycles. The van der Waals surface area contributed by atoms with Gasteiger partial charge in [0.15, 0.2) is 0 Å². The van der Waals surface area contributed by atoms with Crippen molar-refractivity contribution in [1.82, 2.24) is 9.78 Å². The Balaban J connectivity index is 2.12. The van der Waals surface area contributed by atoms with Crippen LogP contribution >= 0.6 is 23.4 Å². The van der Waals surface area contributed by atoms with E-state index in [1.807, 2.05) is 52.0 Å². The number of thioether (sulfide) groups is 1. The van der Waals surface area contributed by atoms with Gasteiger partial charge in [0.05, 0.1) is 23.2 Å². The third-order valence-electron chi connectivity index (χ3n) is 3.15. The molecule has 0 atom stereocenters. The molecule has 0 spiro atoms. The Morgan fingerprint density at radius 2 is 1.91 bits per heavy atom.